The number of hydrogen-bond donors (Lipinski definition) is 1. The van der Waals surface area contributed by atoms with Gasteiger partial charge in [0.05, 0.1) is 12.3 Å². The molecule has 19 heavy (non-hydrogen) atoms. The molecule has 4 heteroatoms. The summed E-state index contributed by atoms with van der Waals surface area (Å²) in [5, 5.41) is 0. The van der Waals surface area contributed by atoms with E-state index in [1.54, 1.807) is 6.07 Å². The molecular weight excluding hydrogens is 243 g/mol. The van der Waals surface area contributed by atoms with Gasteiger partial charge in [-0.25, -0.2) is 4.39 Å². The number of nitrogens with two attached hydrogens (primary N) is 1. The maximum Gasteiger partial charge on any atom is 0.146 e. The standard InChI is InChI=1S/C15H23FN2O/c1-11(17)13-6-3-7-14(16)15(13)18(2)9-12-5-4-8-19-10-12/h3,6-7,11-12H,4-5,8-10,17H2,1-2H3. The molecule has 1 saturated heterocycles. The van der Waals surface area contributed by atoms with Crippen molar-refractivity contribution in [2.75, 3.05) is 31.7 Å². The number of para-hydroxylation sites is 1. The first kappa shape index (κ1) is 14.3. The third-order valence-electron chi connectivity index (χ3n) is 3.68. The van der Waals surface area contributed by atoms with Crippen LogP contribution in [-0.4, -0.2) is 26.8 Å². The quantitative estimate of drug-likeness (QED) is 0.910. The van der Waals surface area contributed by atoms with Gasteiger partial charge in [-0.3, -0.25) is 0 Å². The highest BCUT2D eigenvalue weighted by molar-refractivity contribution is 5.55. The monoisotopic (exact) mass is 266 g/mol. The third kappa shape index (κ3) is 3.45. The van der Waals surface area contributed by atoms with Gasteiger partial charge in [-0.15, -0.1) is 0 Å². The van der Waals surface area contributed by atoms with Gasteiger partial charge in [-0.2, -0.15) is 0 Å². The number of hydrogen-bond acceptors (Lipinski definition) is 3. The maximum absolute atomic E-state index is 14.1. The Labute approximate surface area is 114 Å². The average Bonchev–Trinajstić information content (AvgIpc) is 2.39. The van der Waals surface area contributed by atoms with E-state index in [9.17, 15) is 4.39 Å². The Morgan fingerprint density at radius 2 is 2.32 bits per heavy atom. The van der Waals surface area contributed by atoms with Crippen LogP contribution < -0.4 is 10.6 Å². The van der Waals surface area contributed by atoms with E-state index in [1.165, 1.54) is 6.07 Å². The van der Waals surface area contributed by atoms with Gasteiger partial charge in [0.25, 0.3) is 0 Å². The molecule has 0 spiro atoms. The minimum atomic E-state index is -0.200. The molecule has 1 aliphatic heterocycles. The molecule has 1 aromatic carbocycles. The SMILES string of the molecule is CC(N)c1cccc(F)c1N(C)CC1CCCOC1. The number of ether oxygens (including phenoxy) is 1. The van der Waals surface area contributed by atoms with Crippen molar-refractivity contribution in [3.8, 4) is 0 Å². The summed E-state index contributed by atoms with van der Waals surface area (Å²) < 4.78 is 19.6. The second-order valence-corrected chi connectivity index (χ2v) is 5.43. The van der Waals surface area contributed by atoms with Crippen LogP contribution >= 0.6 is 0 Å². The molecule has 0 aliphatic carbocycles. The second kappa shape index (κ2) is 6.35. The van der Waals surface area contributed by atoms with Gasteiger partial charge in [0.2, 0.25) is 0 Å². The predicted octanol–water partition coefficient (Wildman–Crippen LogP) is 2.71. The zero-order valence-electron chi connectivity index (χ0n) is 11.7. The minimum Gasteiger partial charge on any atom is -0.381 e. The molecule has 2 unspecified atom stereocenters. The summed E-state index contributed by atoms with van der Waals surface area (Å²) in [6.07, 6.45) is 2.24. The van der Waals surface area contributed by atoms with Gasteiger partial charge in [-0.1, -0.05) is 12.1 Å². The molecule has 0 aromatic heterocycles. The molecule has 2 rings (SSSR count). The molecule has 0 radical (unpaired) electrons. The average molecular weight is 266 g/mol. The molecule has 2 atom stereocenters. The lowest BCUT2D eigenvalue weighted by molar-refractivity contribution is 0.0576. The molecule has 1 fully saturated rings. The first-order valence-electron chi connectivity index (χ1n) is 6.92. The van der Waals surface area contributed by atoms with Gasteiger partial charge in [0.15, 0.2) is 0 Å². The van der Waals surface area contributed by atoms with Crippen LogP contribution in [0.5, 0.6) is 0 Å². The van der Waals surface area contributed by atoms with Crippen molar-refractivity contribution in [3.63, 3.8) is 0 Å². The molecule has 3 nitrogen and oxygen atoms in total. The highest BCUT2D eigenvalue weighted by Crippen LogP contribution is 2.29. The van der Waals surface area contributed by atoms with Crippen molar-refractivity contribution in [3.05, 3.63) is 29.6 Å². The fourth-order valence-electron chi connectivity index (χ4n) is 2.73. The lowest BCUT2D eigenvalue weighted by Gasteiger charge is -2.30. The molecule has 106 valence electrons. The molecular formula is C15H23FN2O. The molecule has 0 saturated carbocycles. The normalized spacial score (nSPS) is 21.2. The molecule has 1 aliphatic rings. The van der Waals surface area contributed by atoms with E-state index < -0.39 is 0 Å². The Morgan fingerprint density at radius 1 is 1.53 bits per heavy atom. The molecule has 0 bridgehead atoms. The number of benzene rings is 1. The van der Waals surface area contributed by atoms with E-state index in [0.717, 1.165) is 38.2 Å². The van der Waals surface area contributed by atoms with Crippen LogP contribution in [-0.2, 0) is 4.74 Å². The van der Waals surface area contributed by atoms with Crippen molar-refractivity contribution < 1.29 is 9.13 Å². The summed E-state index contributed by atoms with van der Waals surface area (Å²) in [7, 11) is 1.93. The minimum absolute atomic E-state index is 0.171. The van der Waals surface area contributed by atoms with E-state index in [-0.39, 0.29) is 11.9 Å². The topological polar surface area (TPSA) is 38.5 Å². The first-order valence-corrected chi connectivity index (χ1v) is 6.92. The van der Waals surface area contributed by atoms with Crippen molar-refractivity contribution in [1.82, 2.24) is 0 Å². The Morgan fingerprint density at radius 3 is 2.95 bits per heavy atom. The van der Waals surface area contributed by atoms with Gasteiger partial charge in [-0.05, 0) is 37.3 Å². The maximum atomic E-state index is 14.1. The molecule has 0 amide bonds. The second-order valence-electron chi connectivity index (χ2n) is 5.43. The summed E-state index contributed by atoms with van der Waals surface area (Å²) >= 11 is 0. The lowest BCUT2D eigenvalue weighted by atomic mass is 10.00. The van der Waals surface area contributed by atoms with Crippen LogP contribution in [0.1, 0.15) is 31.4 Å². The fraction of sp³-hybridized carbons (Fsp3) is 0.600. The summed E-state index contributed by atoms with van der Waals surface area (Å²) in [6.45, 7) is 4.31. The third-order valence-corrected chi connectivity index (χ3v) is 3.68. The van der Waals surface area contributed by atoms with E-state index in [0.29, 0.717) is 11.6 Å². The largest absolute Gasteiger partial charge is 0.381 e. The molecule has 1 heterocycles. The number of anilines is 1. The van der Waals surface area contributed by atoms with Crippen molar-refractivity contribution >= 4 is 5.69 Å². The van der Waals surface area contributed by atoms with E-state index in [4.69, 9.17) is 10.5 Å². The first-order chi connectivity index (χ1) is 9.09. The van der Waals surface area contributed by atoms with Crippen LogP contribution in [0.15, 0.2) is 18.2 Å². The summed E-state index contributed by atoms with van der Waals surface area (Å²) in [5.41, 5.74) is 7.42. The van der Waals surface area contributed by atoms with Gasteiger partial charge in [0, 0.05) is 26.2 Å². The smallest absolute Gasteiger partial charge is 0.146 e. The van der Waals surface area contributed by atoms with Crippen LogP contribution in [0.3, 0.4) is 0 Å². The predicted molar refractivity (Wildman–Crippen MR) is 75.8 cm³/mol. The lowest BCUT2D eigenvalue weighted by Crippen LogP contribution is -2.32. The van der Waals surface area contributed by atoms with Crippen LogP contribution in [0, 0.1) is 11.7 Å². The van der Waals surface area contributed by atoms with Gasteiger partial charge < -0.3 is 15.4 Å². The summed E-state index contributed by atoms with van der Waals surface area (Å²) in [4.78, 5) is 1.98. The Balaban J connectivity index is 2.15. The van der Waals surface area contributed by atoms with Crippen molar-refractivity contribution in [2.24, 2.45) is 11.7 Å². The fourth-order valence-corrected chi connectivity index (χ4v) is 2.73. The molecule has 1 aromatic rings. The summed E-state index contributed by atoms with van der Waals surface area (Å²) in [6, 6.07) is 4.94. The Bertz CT molecular complexity index is 417. The van der Waals surface area contributed by atoms with Crippen LogP contribution in [0.25, 0.3) is 0 Å². The number of halogens is 1. The number of rotatable bonds is 4. The van der Waals surface area contributed by atoms with Gasteiger partial charge in [0.1, 0.15) is 5.82 Å². The Hall–Kier alpha value is -1.13. The van der Waals surface area contributed by atoms with E-state index in [2.05, 4.69) is 0 Å². The zero-order chi connectivity index (χ0) is 13.8. The summed E-state index contributed by atoms with van der Waals surface area (Å²) in [5.74, 6) is 0.272. The van der Waals surface area contributed by atoms with E-state index in [1.807, 2.05) is 24.9 Å². The van der Waals surface area contributed by atoms with E-state index >= 15 is 0 Å². The van der Waals surface area contributed by atoms with Crippen molar-refractivity contribution in [1.29, 1.82) is 0 Å². The van der Waals surface area contributed by atoms with Gasteiger partial charge >= 0.3 is 0 Å². The highest BCUT2D eigenvalue weighted by atomic mass is 19.1. The molecule has 2 N–H and O–H groups in total. The van der Waals surface area contributed by atoms with Crippen LogP contribution in [0.4, 0.5) is 10.1 Å². The zero-order valence-corrected chi connectivity index (χ0v) is 11.7. The number of nitrogens with zero attached hydrogens (tertiary/aromatic N) is 1. The van der Waals surface area contributed by atoms with Crippen LogP contribution in [0.2, 0.25) is 0 Å². The Kier molecular flexibility index (Phi) is 4.77. The highest BCUT2D eigenvalue weighted by Gasteiger charge is 2.20. The van der Waals surface area contributed by atoms with Crippen molar-refractivity contribution in [2.45, 2.75) is 25.8 Å².